The van der Waals surface area contributed by atoms with E-state index in [1.54, 1.807) is 11.3 Å². The number of nitrogens with one attached hydrogen (secondary N) is 1. The fourth-order valence-electron chi connectivity index (χ4n) is 2.53. The van der Waals surface area contributed by atoms with Crippen molar-refractivity contribution in [2.24, 2.45) is 0 Å². The minimum Gasteiger partial charge on any atom is -0.309 e. The molecular weight excluding hydrogens is 276 g/mol. The quantitative estimate of drug-likeness (QED) is 0.870. The van der Waals surface area contributed by atoms with Crippen molar-refractivity contribution in [1.82, 2.24) is 10.3 Å². The second-order valence-electron chi connectivity index (χ2n) is 6.56. The standard InChI is InChI=1S/C18H26N2S/c1-6-19-16(17-13(2)20-12-21-17)11-14-7-9-15(10-8-14)18(3,4)5/h7-10,12,16,19H,6,11H2,1-5H3. The van der Waals surface area contributed by atoms with Gasteiger partial charge in [-0.2, -0.15) is 0 Å². The van der Waals surface area contributed by atoms with Gasteiger partial charge >= 0.3 is 0 Å². The second kappa shape index (κ2) is 6.71. The predicted molar refractivity (Wildman–Crippen MR) is 92.1 cm³/mol. The molecule has 2 aromatic rings. The molecule has 0 aliphatic carbocycles. The molecule has 0 saturated heterocycles. The van der Waals surface area contributed by atoms with Crippen LogP contribution in [0.2, 0.25) is 0 Å². The first-order chi connectivity index (χ1) is 9.91. The van der Waals surface area contributed by atoms with Gasteiger partial charge in [-0.05, 0) is 36.4 Å². The van der Waals surface area contributed by atoms with Gasteiger partial charge in [-0.1, -0.05) is 52.0 Å². The van der Waals surface area contributed by atoms with Gasteiger partial charge in [0.05, 0.1) is 11.2 Å². The largest absolute Gasteiger partial charge is 0.309 e. The fraction of sp³-hybridized carbons (Fsp3) is 0.500. The Morgan fingerprint density at radius 2 is 1.86 bits per heavy atom. The van der Waals surface area contributed by atoms with Crippen molar-refractivity contribution >= 4 is 11.3 Å². The van der Waals surface area contributed by atoms with Gasteiger partial charge in [-0.3, -0.25) is 0 Å². The highest BCUT2D eigenvalue weighted by Crippen LogP contribution is 2.27. The smallest absolute Gasteiger partial charge is 0.0798 e. The molecule has 0 saturated carbocycles. The van der Waals surface area contributed by atoms with Crippen molar-refractivity contribution in [3.63, 3.8) is 0 Å². The normalized spacial score (nSPS) is 13.4. The van der Waals surface area contributed by atoms with Crippen molar-refractivity contribution in [3.8, 4) is 0 Å². The van der Waals surface area contributed by atoms with Crippen LogP contribution >= 0.6 is 11.3 Å². The van der Waals surface area contributed by atoms with Crippen molar-refractivity contribution in [3.05, 3.63) is 51.5 Å². The predicted octanol–water partition coefficient (Wildman–Crippen LogP) is 4.64. The second-order valence-corrected chi connectivity index (χ2v) is 7.45. The van der Waals surface area contributed by atoms with Gasteiger partial charge in [0, 0.05) is 10.9 Å². The van der Waals surface area contributed by atoms with Crippen LogP contribution in [0.5, 0.6) is 0 Å². The first-order valence-corrected chi connectivity index (χ1v) is 8.52. The fourth-order valence-corrected chi connectivity index (χ4v) is 3.40. The Morgan fingerprint density at radius 1 is 1.19 bits per heavy atom. The van der Waals surface area contributed by atoms with E-state index in [0.717, 1.165) is 18.7 Å². The Labute approximate surface area is 132 Å². The van der Waals surface area contributed by atoms with E-state index in [-0.39, 0.29) is 5.41 Å². The van der Waals surface area contributed by atoms with Crippen LogP contribution in [0.3, 0.4) is 0 Å². The van der Waals surface area contributed by atoms with Crippen LogP contribution in [0, 0.1) is 6.92 Å². The van der Waals surface area contributed by atoms with E-state index in [2.05, 4.69) is 69.2 Å². The molecule has 1 N–H and O–H groups in total. The van der Waals surface area contributed by atoms with E-state index in [1.165, 1.54) is 16.0 Å². The molecule has 1 heterocycles. The van der Waals surface area contributed by atoms with Crippen molar-refractivity contribution in [1.29, 1.82) is 0 Å². The molecular formula is C18H26N2S. The molecule has 3 heteroatoms. The van der Waals surface area contributed by atoms with Crippen LogP contribution in [0.25, 0.3) is 0 Å². The Hall–Kier alpha value is -1.19. The lowest BCUT2D eigenvalue weighted by Crippen LogP contribution is -2.23. The maximum Gasteiger partial charge on any atom is 0.0798 e. The van der Waals surface area contributed by atoms with Crippen LogP contribution < -0.4 is 5.32 Å². The summed E-state index contributed by atoms with van der Waals surface area (Å²) >= 11 is 1.75. The van der Waals surface area contributed by atoms with E-state index in [4.69, 9.17) is 0 Å². The number of aryl methyl sites for hydroxylation is 1. The first-order valence-electron chi connectivity index (χ1n) is 7.64. The molecule has 0 fully saturated rings. The van der Waals surface area contributed by atoms with E-state index >= 15 is 0 Å². The molecule has 0 bridgehead atoms. The van der Waals surface area contributed by atoms with Crippen LogP contribution in [0.1, 0.15) is 55.4 Å². The number of nitrogens with zero attached hydrogens (tertiary/aromatic N) is 1. The third-order valence-electron chi connectivity index (χ3n) is 3.81. The van der Waals surface area contributed by atoms with Gasteiger partial charge in [-0.25, -0.2) is 4.98 Å². The molecule has 114 valence electrons. The van der Waals surface area contributed by atoms with E-state index in [9.17, 15) is 0 Å². The summed E-state index contributed by atoms with van der Waals surface area (Å²) in [5.74, 6) is 0. The number of benzene rings is 1. The van der Waals surface area contributed by atoms with Gasteiger partial charge in [0.15, 0.2) is 0 Å². The summed E-state index contributed by atoms with van der Waals surface area (Å²) in [6.45, 7) is 12.0. The molecule has 1 aromatic carbocycles. The highest BCUT2D eigenvalue weighted by atomic mass is 32.1. The van der Waals surface area contributed by atoms with Crippen molar-refractivity contribution in [2.45, 2.75) is 52.5 Å². The highest BCUT2D eigenvalue weighted by Gasteiger charge is 2.17. The SMILES string of the molecule is CCNC(Cc1ccc(C(C)(C)C)cc1)c1scnc1C. The summed E-state index contributed by atoms with van der Waals surface area (Å²) in [6.07, 6.45) is 1.02. The molecule has 0 aliphatic heterocycles. The van der Waals surface area contributed by atoms with Crippen LogP contribution in [0.4, 0.5) is 0 Å². The zero-order valence-corrected chi connectivity index (χ0v) is 14.6. The molecule has 0 spiro atoms. The summed E-state index contributed by atoms with van der Waals surface area (Å²) in [7, 11) is 0. The molecule has 0 amide bonds. The van der Waals surface area contributed by atoms with Crippen molar-refractivity contribution in [2.75, 3.05) is 6.54 Å². The lowest BCUT2D eigenvalue weighted by Gasteiger charge is -2.21. The Morgan fingerprint density at radius 3 is 2.33 bits per heavy atom. The summed E-state index contributed by atoms with van der Waals surface area (Å²) < 4.78 is 0. The van der Waals surface area contributed by atoms with E-state index in [0.29, 0.717) is 6.04 Å². The molecule has 1 atom stereocenters. The topological polar surface area (TPSA) is 24.9 Å². The van der Waals surface area contributed by atoms with Gasteiger partial charge in [0.25, 0.3) is 0 Å². The molecule has 1 unspecified atom stereocenters. The third kappa shape index (κ3) is 4.14. The number of likely N-dealkylation sites (N-methyl/N-ethyl adjacent to an activating group) is 1. The van der Waals surface area contributed by atoms with Gasteiger partial charge in [0.1, 0.15) is 0 Å². The molecule has 0 aliphatic rings. The van der Waals surface area contributed by atoms with Gasteiger partial charge in [0.2, 0.25) is 0 Å². The van der Waals surface area contributed by atoms with Crippen LogP contribution in [0.15, 0.2) is 29.8 Å². The van der Waals surface area contributed by atoms with Gasteiger partial charge < -0.3 is 5.32 Å². The summed E-state index contributed by atoms with van der Waals surface area (Å²) in [6, 6.07) is 9.42. The maximum atomic E-state index is 4.39. The third-order valence-corrected chi connectivity index (χ3v) is 4.85. The molecule has 2 rings (SSSR count). The zero-order chi connectivity index (χ0) is 15.5. The van der Waals surface area contributed by atoms with Crippen LogP contribution in [-0.2, 0) is 11.8 Å². The number of hydrogen-bond acceptors (Lipinski definition) is 3. The molecule has 1 aromatic heterocycles. The number of rotatable bonds is 5. The van der Waals surface area contributed by atoms with Gasteiger partial charge in [-0.15, -0.1) is 11.3 Å². The number of hydrogen-bond donors (Lipinski definition) is 1. The van der Waals surface area contributed by atoms with E-state index in [1.807, 2.05) is 5.51 Å². The minimum absolute atomic E-state index is 0.216. The maximum absolute atomic E-state index is 4.39. The number of thiazole rings is 1. The van der Waals surface area contributed by atoms with Crippen LogP contribution in [-0.4, -0.2) is 11.5 Å². The van der Waals surface area contributed by atoms with E-state index < -0.39 is 0 Å². The molecule has 21 heavy (non-hydrogen) atoms. The summed E-state index contributed by atoms with van der Waals surface area (Å²) in [5, 5.41) is 3.59. The average molecular weight is 302 g/mol. The monoisotopic (exact) mass is 302 g/mol. The number of aromatic nitrogens is 1. The highest BCUT2D eigenvalue weighted by molar-refractivity contribution is 7.09. The molecule has 0 radical (unpaired) electrons. The Balaban J connectivity index is 2.16. The lowest BCUT2D eigenvalue weighted by atomic mass is 9.86. The van der Waals surface area contributed by atoms with Crippen molar-refractivity contribution < 1.29 is 0 Å². The Kier molecular flexibility index (Phi) is 5.17. The first kappa shape index (κ1) is 16.2. The summed E-state index contributed by atoms with van der Waals surface area (Å²) in [5.41, 5.74) is 6.07. The zero-order valence-electron chi connectivity index (χ0n) is 13.7. The minimum atomic E-state index is 0.216. The lowest BCUT2D eigenvalue weighted by molar-refractivity contribution is 0.553. The Bertz CT molecular complexity index is 564. The average Bonchev–Trinajstić information content (AvgIpc) is 2.84. The summed E-state index contributed by atoms with van der Waals surface area (Å²) in [4.78, 5) is 5.74. The molecule has 2 nitrogen and oxygen atoms in total.